The summed E-state index contributed by atoms with van der Waals surface area (Å²) in [6, 6.07) is 4.08. The molecule has 1 saturated carbocycles. The summed E-state index contributed by atoms with van der Waals surface area (Å²) in [5, 5.41) is 14.5. The average molecular weight is 319 g/mol. The number of nitrogens with one attached hydrogen (secondary N) is 2. The summed E-state index contributed by atoms with van der Waals surface area (Å²) >= 11 is 0. The molecule has 0 radical (unpaired) electrons. The molecule has 0 aliphatic heterocycles. The van der Waals surface area contributed by atoms with Crippen LogP contribution in [0.25, 0.3) is 0 Å². The molecule has 0 unspecified atom stereocenters. The van der Waals surface area contributed by atoms with E-state index >= 15 is 0 Å². The van der Waals surface area contributed by atoms with Gasteiger partial charge in [0.05, 0.1) is 0 Å². The number of aromatic nitrogens is 2. The number of carbonyl (C=O) groups excluding carboxylic acids is 1. The Kier molecular flexibility index (Phi) is 7.26. The maximum Gasteiger partial charge on any atom is 0.271 e. The molecular weight excluding hydrogens is 290 g/mol. The van der Waals surface area contributed by atoms with Crippen molar-refractivity contribution in [3.8, 4) is 0 Å². The first-order valence-corrected chi connectivity index (χ1v) is 8.68. The van der Waals surface area contributed by atoms with Gasteiger partial charge in [0.2, 0.25) is 0 Å². The van der Waals surface area contributed by atoms with Crippen molar-refractivity contribution in [2.75, 3.05) is 32.5 Å². The number of nitrogens with zero attached hydrogens (tertiary/aromatic N) is 3. The Labute approximate surface area is 139 Å². The first kappa shape index (κ1) is 17.7. The molecule has 1 amide bonds. The van der Waals surface area contributed by atoms with Crippen LogP contribution in [0.4, 0.5) is 5.82 Å². The lowest BCUT2D eigenvalue weighted by molar-refractivity contribution is 0.0946. The van der Waals surface area contributed by atoms with Gasteiger partial charge in [0.15, 0.2) is 5.69 Å². The quantitative estimate of drug-likeness (QED) is 0.596. The van der Waals surface area contributed by atoms with Crippen molar-refractivity contribution < 1.29 is 4.79 Å². The lowest BCUT2D eigenvalue weighted by Gasteiger charge is -2.16. The fourth-order valence-corrected chi connectivity index (χ4v) is 2.85. The molecule has 6 heteroatoms. The summed E-state index contributed by atoms with van der Waals surface area (Å²) in [6.07, 6.45) is 8.52. The lowest BCUT2D eigenvalue weighted by Crippen LogP contribution is -2.28. The monoisotopic (exact) mass is 319 g/mol. The molecule has 0 aromatic carbocycles. The summed E-state index contributed by atoms with van der Waals surface area (Å²) < 4.78 is 0. The Balaban J connectivity index is 1.77. The molecule has 1 aromatic rings. The van der Waals surface area contributed by atoms with Gasteiger partial charge in [0, 0.05) is 12.6 Å². The molecule has 1 aliphatic rings. The highest BCUT2D eigenvalue weighted by Gasteiger charge is 2.13. The first-order chi connectivity index (χ1) is 11.1. The molecule has 6 nitrogen and oxygen atoms in total. The van der Waals surface area contributed by atoms with Gasteiger partial charge in [-0.3, -0.25) is 4.79 Å². The molecule has 2 rings (SSSR count). The standard InChI is InChI=1S/C17H29N5O/c1-22(2)13-7-12-18-17(23)15-10-11-16(21-20-15)19-14-8-5-3-4-6-9-14/h10-11,14H,3-9,12-13H2,1-2H3,(H,18,23)(H,19,21). The van der Waals surface area contributed by atoms with Crippen LogP contribution in [-0.4, -0.2) is 54.2 Å². The third kappa shape index (κ3) is 6.52. The molecule has 0 atom stereocenters. The van der Waals surface area contributed by atoms with Crippen molar-refractivity contribution in [1.29, 1.82) is 0 Å². The van der Waals surface area contributed by atoms with Crippen LogP contribution in [0.3, 0.4) is 0 Å². The normalized spacial score (nSPS) is 16.1. The van der Waals surface area contributed by atoms with Crippen LogP contribution in [0.15, 0.2) is 12.1 Å². The number of rotatable bonds is 7. The molecule has 0 saturated heterocycles. The predicted octanol–water partition coefficient (Wildman–Crippen LogP) is 2.29. The second kappa shape index (κ2) is 9.45. The van der Waals surface area contributed by atoms with Gasteiger partial charge in [-0.2, -0.15) is 0 Å². The SMILES string of the molecule is CN(C)CCCNC(=O)c1ccc(NC2CCCCCC2)nn1. The molecule has 1 fully saturated rings. The van der Waals surface area contributed by atoms with Crippen molar-refractivity contribution in [2.45, 2.75) is 51.0 Å². The topological polar surface area (TPSA) is 70.2 Å². The van der Waals surface area contributed by atoms with Crippen LogP contribution < -0.4 is 10.6 Å². The summed E-state index contributed by atoms with van der Waals surface area (Å²) in [7, 11) is 4.04. The van der Waals surface area contributed by atoms with E-state index in [1.54, 1.807) is 6.07 Å². The van der Waals surface area contributed by atoms with E-state index in [1.165, 1.54) is 38.5 Å². The van der Waals surface area contributed by atoms with Gasteiger partial charge in [0.25, 0.3) is 5.91 Å². The van der Waals surface area contributed by atoms with E-state index in [0.717, 1.165) is 18.8 Å². The molecule has 0 spiro atoms. The van der Waals surface area contributed by atoms with Gasteiger partial charge < -0.3 is 15.5 Å². The van der Waals surface area contributed by atoms with Crippen molar-refractivity contribution in [1.82, 2.24) is 20.4 Å². The maximum absolute atomic E-state index is 12.0. The fraction of sp³-hybridized carbons (Fsp3) is 0.706. The van der Waals surface area contributed by atoms with Gasteiger partial charge in [-0.05, 0) is 52.0 Å². The zero-order chi connectivity index (χ0) is 16.5. The summed E-state index contributed by atoms with van der Waals surface area (Å²) in [6.45, 7) is 1.61. The van der Waals surface area contributed by atoms with Crippen LogP contribution in [0, 0.1) is 0 Å². The molecule has 2 N–H and O–H groups in total. The summed E-state index contributed by atoms with van der Waals surface area (Å²) in [5.41, 5.74) is 0.376. The van der Waals surface area contributed by atoms with Crippen molar-refractivity contribution in [3.05, 3.63) is 17.8 Å². The van der Waals surface area contributed by atoms with E-state index in [4.69, 9.17) is 0 Å². The highest BCUT2D eigenvalue weighted by Crippen LogP contribution is 2.20. The van der Waals surface area contributed by atoms with Crippen LogP contribution in [0.1, 0.15) is 55.4 Å². The lowest BCUT2D eigenvalue weighted by atomic mass is 10.1. The minimum absolute atomic E-state index is 0.155. The molecule has 128 valence electrons. The molecular formula is C17H29N5O. The third-order valence-electron chi connectivity index (χ3n) is 4.17. The van der Waals surface area contributed by atoms with Gasteiger partial charge in [-0.25, -0.2) is 0 Å². The third-order valence-corrected chi connectivity index (χ3v) is 4.17. The van der Waals surface area contributed by atoms with Gasteiger partial charge in [0.1, 0.15) is 5.82 Å². The van der Waals surface area contributed by atoms with Crippen molar-refractivity contribution in [3.63, 3.8) is 0 Å². The number of anilines is 1. The summed E-state index contributed by atoms with van der Waals surface area (Å²) in [5.74, 6) is 0.610. The highest BCUT2D eigenvalue weighted by molar-refractivity contribution is 5.92. The zero-order valence-electron chi connectivity index (χ0n) is 14.3. The number of amides is 1. The van der Waals surface area contributed by atoms with Gasteiger partial charge >= 0.3 is 0 Å². The van der Waals surface area contributed by atoms with Gasteiger partial charge in [-0.1, -0.05) is 25.7 Å². The fourth-order valence-electron chi connectivity index (χ4n) is 2.85. The number of carbonyl (C=O) groups is 1. The molecule has 23 heavy (non-hydrogen) atoms. The summed E-state index contributed by atoms with van der Waals surface area (Å²) in [4.78, 5) is 14.1. The van der Waals surface area contributed by atoms with Crippen molar-refractivity contribution >= 4 is 11.7 Å². The average Bonchev–Trinajstić information content (AvgIpc) is 2.80. The van der Waals surface area contributed by atoms with Crippen LogP contribution in [-0.2, 0) is 0 Å². The Morgan fingerprint density at radius 2 is 1.91 bits per heavy atom. The van der Waals surface area contributed by atoms with Crippen LogP contribution in [0.2, 0.25) is 0 Å². The second-order valence-electron chi connectivity index (χ2n) is 6.55. The van der Waals surface area contributed by atoms with Crippen molar-refractivity contribution in [2.24, 2.45) is 0 Å². The van der Waals surface area contributed by atoms with Gasteiger partial charge in [-0.15, -0.1) is 10.2 Å². The van der Waals surface area contributed by atoms with E-state index in [9.17, 15) is 4.79 Å². The zero-order valence-corrected chi connectivity index (χ0v) is 14.3. The Bertz CT molecular complexity index is 466. The van der Waals surface area contributed by atoms with Crippen LogP contribution in [0.5, 0.6) is 0 Å². The Hall–Kier alpha value is -1.69. The largest absolute Gasteiger partial charge is 0.366 e. The van der Waals surface area contributed by atoms with E-state index < -0.39 is 0 Å². The highest BCUT2D eigenvalue weighted by atomic mass is 16.1. The smallest absolute Gasteiger partial charge is 0.271 e. The molecule has 1 aliphatic carbocycles. The molecule has 1 heterocycles. The van der Waals surface area contributed by atoms with E-state index in [-0.39, 0.29) is 5.91 Å². The molecule has 1 aromatic heterocycles. The molecule has 0 bridgehead atoms. The number of hydrogen-bond acceptors (Lipinski definition) is 5. The number of hydrogen-bond donors (Lipinski definition) is 2. The minimum atomic E-state index is -0.155. The van der Waals surface area contributed by atoms with Crippen LogP contribution >= 0.6 is 0 Å². The Morgan fingerprint density at radius 1 is 1.17 bits per heavy atom. The second-order valence-corrected chi connectivity index (χ2v) is 6.55. The van der Waals surface area contributed by atoms with E-state index in [2.05, 4.69) is 25.7 Å². The predicted molar refractivity (Wildman–Crippen MR) is 92.6 cm³/mol. The first-order valence-electron chi connectivity index (χ1n) is 8.68. The van der Waals surface area contributed by atoms with E-state index in [0.29, 0.717) is 18.3 Å². The minimum Gasteiger partial charge on any atom is -0.366 e. The maximum atomic E-state index is 12.0. The van der Waals surface area contributed by atoms with E-state index in [1.807, 2.05) is 20.2 Å². The Morgan fingerprint density at radius 3 is 2.52 bits per heavy atom.